The topological polar surface area (TPSA) is 76.0 Å². The van der Waals surface area contributed by atoms with Crippen LogP contribution in [0, 0.1) is 0 Å². The van der Waals surface area contributed by atoms with Gasteiger partial charge in [0.15, 0.2) is 0 Å². The number of sulfonamides is 1. The minimum absolute atomic E-state index is 0.204. The molecular weight excluding hydrogens is 360 g/mol. The molecule has 1 heterocycles. The Hall–Kier alpha value is -2.64. The largest absolute Gasteiger partial charge is 0.378 e. The van der Waals surface area contributed by atoms with Gasteiger partial charge in [-0.2, -0.15) is 0 Å². The fourth-order valence-electron chi connectivity index (χ4n) is 3.59. The molecule has 0 amide bonds. The maximum atomic E-state index is 12.3. The molecule has 0 unspecified atom stereocenters. The van der Waals surface area contributed by atoms with E-state index in [4.69, 9.17) is 0 Å². The summed E-state index contributed by atoms with van der Waals surface area (Å²) in [5.41, 5.74) is 5.06. The van der Waals surface area contributed by atoms with Gasteiger partial charge in [0.25, 0.3) is 0 Å². The van der Waals surface area contributed by atoms with E-state index in [9.17, 15) is 8.42 Å². The predicted molar refractivity (Wildman–Crippen MR) is 106 cm³/mol. The van der Waals surface area contributed by atoms with E-state index in [1.165, 1.54) is 18.2 Å². The van der Waals surface area contributed by atoms with Gasteiger partial charge < -0.3 is 9.88 Å². The third-order valence-corrected chi connectivity index (χ3v) is 6.43. The summed E-state index contributed by atoms with van der Waals surface area (Å²) >= 11 is 0. The van der Waals surface area contributed by atoms with Gasteiger partial charge in [0.1, 0.15) is 0 Å². The van der Waals surface area contributed by atoms with Gasteiger partial charge in [-0.15, -0.1) is 0 Å². The Balaban J connectivity index is 1.76. The van der Waals surface area contributed by atoms with Crippen molar-refractivity contribution in [2.75, 3.05) is 12.4 Å². The number of hydrogen-bond donors (Lipinski definition) is 2. The molecule has 2 aromatic carbocycles. The lowest BCUT2D eigenvalue weighted by Gasteiger charge is -2.19. The van der Waals surface area contributed by atoms with Crippen molar-refractivity contribution in [3.05, 3.63) is 66.1 Å². The summed E-state index contributed by atoms with van der Waals surface area (Å²) in [4.78, 5) is 4.65. The van der Waals surface area contributed by atoms with Crippen LogP contribution in [0.4, 0.5) is 5.69 Å². The molecule has 1 aromatic heterocycles. The molecule has 1 aliphatic rings. The molecule has 0 bridgehead atoms. The van der Waals surface area contributed by atoms with E-state index in [1.807, 2.05) is 23.9 Å². The molecular formula is C20H22N4O2S. The summed E-state index contributed by atoms with van der Waals surface area (Å²) < 4.78 is 28.7. The van der Waals surface area contributed by atoms with Crippen LogP contribution in [0.1, 0.15) is 23.6 Å². The van der Waals surface area contributed by atoms with E-state index in [1.54, 1.807) is 18.5 Å². The Bertz CT molecular complexity index is 1090. The number of imidazole rings is 1. The van der Waals surface area contributed by atoms with Crippen LogP contribution in [0.5, 0.6) is 0 Å². The Morgan fingerprint density at radius 1 is 1.19 bits per heavy atom. The average Bonchev–Trinajstić information content (AvgIpc) is 3.28. The van der Waals surface area contributed by atoms with Crippen LogP contribution < -0.4 is 10.0 Å². The number of rotatable bonds is 5. The number of nitrogens with zero attached hydrogens (tertiary/aromatic N) is 2. The van der Waals surface area contributed by atoms with E-state index in [-0.39, 0.29) is 10.9 Å². The lowest BCUT2D eigenvalue weighted by atomic mass is 10.1. The second-order valence-corrected chi connectivity index (χ2v) is 8.66. The predicted octanol–water partition coefficient (Wildman–Crippen LogP) is 3.09. The average molecular weight is 382 g/mol. The van der Waals surface area contributed by atoms with E-state index >= 15 is 0 Å². The SMILES string of the molecule is CNS(=O)(=O)c1ccc(N[C@@H]2CCc3ccccc32)c(-c2cn(C)cn2)c1. The zero-order valence-corrected chi connectivity index (χ0v) is 16.1. The van der Waals surface area contributed by atoms with Crippen LogP contribution in [-0.4, -0.2) is 25.0 Å². The number of fused-ring (bicyclic) bond motifs is 1. The second kappa shape index (κ2) is 6.83. The zero-order chi connectivity index (χ0) is 19.0. The molecule has 7 heteroatoms. The van der Waals surface area contributed by atoms with Crippen molar-refractivity contribution in [2.45, 2.75) is 23.8 Å². The summed E-state index contributed by atoms with van der Waals surface area (Å²) in [5.74, 6) is 0. The van der Waals surface area contributed by atoms with Crippen molar-refractivity contribution in [3.8, 4) is 11.3 Å². The molecule has 0 radical (unpaired) electrons. The summed E-state index contributed by atoms with van der Waals surface area (Å²) in [6.45, 7) is 0. The van der Waals surface area contributed by atoms with Crippen molar-refractivity contribution in [2.24, 2.45) is 7.05 Å². The maximum Gasteiger partial charge on any atom is 0.240 e. The second-order valence-electron chi connectivity index (χ2n) is 6.77. The summed E-state index contributed by atoms with van der Waals surface area (Å²) in [7, 11) is -0.219. The molecule has 1 aliphatic carbocycles. The fourth-order valence-corrected chi connectivity index (χ4v) is 4.35. The van der Waals surface area contributed by atoms with Gasteiger partial charge >= 0.3 is 0 Å². The minimum atomic E-state index is -3.53. The summed E-state index contributed by atoms with van der Waals surface area (Å²) in [5, 5.41) is 3.61. The van der Waals surface area contributed by atoms with E-state index < -0.39 is 10.0 Å². The first-order valence-electron chi connectivity index (χ1n) is 8.88. The smallest absolute Gasteiger partial charge is 0.240 e. The molecule has 0 saturated heterocycles. The number of hydrogen-bond acceptors (Lipinski definition) is 4. The van der Waals surface area contributed by atoms with Gasteiger partial charge in [0.05, 0.1) is 23.0 Å². The zero-order valence-electron chi connectivity index (χ0n) is 15.3. The van der Waals surface area contributed by atoms with Gasteiger partial charge in [0.2, 0.25) is 10.0 Å². The van der Waals surface area contributed by atoms with Gasteiger partial charge in [-0.1, -0.05) is 24.3 Å². The number of benzene rings is 2. The molecule has 27 heavy (non-hydrogen) atoms. The van der Waals surface area contributed by atoms with Crippen molar-refractivity contribution in [1.29, 1.82) is 0 Å². The first-order valence-corrected chi connectivity index (χ1v) is 10.4. The van der Waals surface area contributed by atoms with E-state index in [0.29, 0.717) is 0 Å². The molecule has 4 rings (SSSR count). The van der Waals surface area contributed by atoms with Crippen molar-refractivity contribution in [3.63, 3.8) is 0 Å². The van der Waals surface area contributed by atoms with Crippen LogP contribution in [-0.2, 0) is 23.5 Å². The number of anilines is 1. The molecule has 0 saturated carbocycles. The molecule has 3 aromatic rings. The highest BCUT2D eigenvalue weighted by atomic mass is 32.2. The molecule has 140 valence electrons. The highest BCUT2D eigenvalue weighted by molar-refractivity contribution is 7.89. The first kappa shape index (κ1) is 17.8. The monoisotopic (exact) mass is 382 g/mol. The quantitative estimate of drug-likeness (QED) is 0.711. The highest BCUT2D eigenvalue weighted by Crippen LogP contribution is 2.37. The molecule has 6 nitrogen and oxygen atoms in total. The molecule has 1 atom stereocenters. The molecule has 0 spiro atoms. The fraction of sp³-hybridized carbons (Fsp3) is 0.250. The van der Waals surface area contributed by atoms with Gasteiger partial charge in [-0.25, -0.2) is 18.1 Å². The number of aryl methyl sites for hydroxylation is 2. The van der Waals surface area contributed by atoms with Crippen LogP contribution in [0.15, 0.2) is 59.9 Å². The van der Waals surface area contributed by atoms with Crippen molar-refractivity contribution >= 4 is 15.7 Å². The first-order chi connectivity index (χ1) is 13.0. The van der Waals surface area contributed by atoms with E-state index in [2.05, 4.69) is 39.3 Å². The standard InChI is InChI=1S/C20H22N4O2S/c1-21-27(25,26)15-8-10-19(17(11-15)20-12-24(2)13-22-20)23-18-9-7-14-5-3-4-6-16(14)18/h3-6,8,10-13,18,21,23H,7,9H2,1-2H3/t18-/m1/s1. The maximum absolute atomic E-state index is 12.3. The molecule has 2 N–H and O–H groups in total. The Labute approximate surface area is 159 Å². The van der Waals surface area contributed by atoms with E-state index in [0.717, 1.165) is 29.8 Å². The summed E-state index contributed by atoms with van der Waals surface area (Å²) in [6, 6.07) is 13.8. The molecule has 0 fully saturated rings. The normalized spacial score (nSPS) is 16.3. The van der Waals surface area contributed by atoms with Gasteiger partial charge in [-0.3, -0.25) is 0 Å². The van der Waals surface area contributed by atoms with Gasteiger partial charge in [-0.05, 0) is 49.2 Å². The Kier molecular flexibility index (Phi) is 4.49. The summed E-state index contributed by atoms with van der Waals surface area (Å²) in [6.07, 6.45) is 5.65. The van der Waals surface area contributed by atoms with Gasteiger partial charge in [0, 0.05) is 24.5 Å². The van der Waals surface area contributed by atoms with Crippen LogP contribution in [0.25, 0.3) is 11.3 Å². The third kappa shape index (κ3) is 3.36. The van der Waals surface area contributed by atoms with Crippen LogP contribution in [0.3, 0.4) is 0 Å². The highest BCUT2D eigenvalue weighted by Gasteiger charge is 2.24. The van der Waals surface area contributed by atoms with Crippen molar-refractivity contribution in [1.82, 2.24) is 14.3 Å². The van der Waals surface area contributed by atoms with Crippen LogP contribution in [0.2, 0.25) is 0 Å². The lowest BCUT2D eigenvalue weighted by molar-refractivity contribution is 0.588. The molecule has 0 aliphatic heterocycles. The Morgan fingerprint density at radius 2 is 2.00 bits per heavy atom. The number of aromatic nitrogens is 2. The minimum Gasteiger partial charge on any atom is -0.378 e. The van der Waals surface area contributed by atoms with Crippen molar-refractivity contribution < 1.29 is 8.42 Å². The third-order valence-electron chi connectivity index (χ3n) is 5.01. The van der Waals surface area contributed by atoms with Crippen LogP contribution >= 0.6 is 0 Å². The number of nitrogens with one attached hydrogen (secondary N) is 2. The Morgan fingerprint density at radius 3 is 2.74 bits per heavy atom. The lowest BCUT2D eigenvalue weighted by Crippen LogP contribution is -2.18.